The first-order valence-electron chi connectivity index (χ1n) is 7.56. The molecule has 0 bridgehead atoms. The third-order valence-corrected chi connectivity index (χ3v) is 4.12. The largest absolute Gasteiger partial charge is 0.444 e. The van der Waals surface area contributed by atoms with Crippen molar-refractivity contribution in [2.75, 3.05) is 7.05 Å². The second-order valence-electron chi connectivity index (χ2n) is 7.05. The lowest BCUT2D eigenvalue weighted by atomic mass is 9.90. The Morgan fingerprint density at radius 2 is 1.53 bits per heavy atom. The molecule has 0 unspecified atom stereocenters. The minimum absolute atomic E-state index is 0.272. The summed E-state index contributed by atoms with van der Waals surface area (Å²) >= 11 is 0. The van der Waals surface area contributed by atoms with Crippen molar-refractivity contribution < 1.29 is 9.53 Å². The SMILES string of the molecule is CN(C1CC1)[C@H]1CC[C@H](NC(=O)OC(C)(C)C)CC1. The van der Waals surface area contributed by atoms with Gasteiger partial charge in [-0.15, -0.1) is 0 Å². The average Bonchev–Trinajstić information content (AvgIpc) is 3.10. The average molecular weight is 268 g/mol. The Bertz CT molecular complexity index is 313. The first kappa shape index (κ1) is 14.6. The first-order chi connectivity index (χ1) is 8.85. The fraction of sp³-hybridized carbons (Fsp3) is 0.933. The molecule has 0 atom stereocenters. The number of carbonyl (C=O) groups is 1. The summed E-state index contributed by atoms with van der Waals surface area (Å²) in [6, 6.07) is 1.84. The molecule has 4 nitrogen and oxygen atoms in total. The molecule has 0 saturated heterocycles. The van der Waals surface area contributed by atoms with Crippen molar-refractivity contribution in [3.05, 3.63) is 0 Å². The van der Waals surface area contributed by atoms with Gasteiger partial charge in [0.25, 0.3) is 0 Å². The number of ether oxygens (including phenoxy) is 1. The fourth-order valence-corrected chi connectivity index (χ4v) is 2.88. The summed E-state index contributed by atoms with van der Waals surface area (Å²) in [5.41, 5.74) is -0.409. The Labute approximate surface area is 116 Å². The summed E-state index contributed by atoms with van der Waals surface area (Å²) in [6.45, 7) is 5.69. The molecule has 1 N–H and O–H groups in total. The van der Waals surface area contributed by atoms with Gasteiger partial charge in [-0.1, -0.05) is 0 Å². The van der Waals surface area contributed by atoms with Gasteiger partial charge in [-0.25, -0.2) is 4.79 Å². The Morgan fingerprint density at radius 3 is 1.95 bits per heavy atom. The van der Waals surface area contributed by atoms with Gasteiger partial charge < -0.3 is 15.0 Å². The molecule has 0 heterocycles. The minimum Gasteiger partial charge on any atom is -0.444 e. The lowest BCUT2D eigenvalue weighted by Gasteiger charge is -2.35. The van der Waals surface area contributed by atoms with Crippen LogP contribution in [0.1, 0.15) is 59.3 Å². The van der Waals surface area contributed by atoms with Crippen LogP contribution in [0.2, 0.25) is 0 Å². The van der Waals surface area contributed by atoms with E-state index in [1.165, 1.54) is 25.7 Å². The molecule has 1 amide bonds. The molecule has 0 aliphatic heterocycles. The number of nitrogens with one attached hydrogen (secondary N) is 1. The molecule has 0 aromatic carbocycles. The quantitative estimate of drug-likeness (QED) is 0.855. The molecule has 0 radical (unpaired) electrons. The summed E-state index contributed by atoms with van der Waals surface area (Å²) in [7, 11) is 2.25. The Morgan fingerprint density at radius 1 is 1.05 bits per heavy atom. The summed E-state index contributed by atoms with van der Waals surface area (Å²) in [6.07, 6.45) is 6.98. The molecule has 110 valence electrons. The van der Waals surface area contributed by atoms with Crippen molar-refractivity contribution in [1.29, 1.82) is 0 Å². The van der Waals surface area contributed by atoms with E-state index in [9.17, 15) is 4.79 Å². The summed E-state index contributed by atoms with van der Waals surface area (Å²) in [4.78, 5) is 14.3. The van der Waals surface area contributed by atoms with Crippen molar-refractivity contribution >= 4 is 6.09 Å². The Hall–Kier alpha value is -0.770. The van der Waals surface area contributed by atoms with E-state index in [1.54, 1.807) is 0 Å². The van der Waals surface area contributed by atoms with E-state index in [0.29, 0.717) is 12.1 Å². The van der Waals surface area contributed by atoms with Crippen LogP contribution in [0.25, 0.3) is 0 Å². The van der Waals surface area contributed by atoms with Gasteiger partial charge in [0.1, 0.15) is 5.60 Å². The zero-order valence-corrected chi connectivity index (χ0v) is 12.7. The molecule has 0 aromatic heterocycles. The highest BCUT2D eigenvalue weighted by atomic mass is 16.6. The van der Waals surface area contributed by atoms with Crippen molar-refractivity contribution in [2.45, 2.75) is 83.0 Å². The van der Waals surface area contributed by atoms with Crippen molar-refractivity contribution in [2.24, 2.45) is 0 Å². The van der Waals surface area contributed by atoms with Crippen LogP contribution >= 0.6 is 0 Å². The van der Waals surface area contributed by atoms with E-state index in [2.05, 4.69) is 17.3 Å². The number of nitrogens with zero attached hydrogens (tertiary/aromatic N) is 1. The van der Waals surface area contributed by atoms with Gasteiger partial charge in [-0.05, 0) is 66.3 Å². The maximum absolute atomic E-state index is 11.7. The molecule has 2 rings (SSSR count). The highest BCUT2D eigenvalue weighted by Gasteiger charge is 2.33. The fourth-order valence-electron chi connectivity index (χ4n) is 2.88. The zero-order valence-electron chi connectivity index (χ0n) is 12.7. The van der Waals surface area contributed by atoms with E-state index in [0.717, 1.165) is 18.9 Å². The van der Waals surface area contributed by atoms with Gasteiger partial charge in [0.2, 0.25) is 0 Å². The van der Waals surface area contributed by atoms with Crippen LogP contribution < -0.4 is 5.32 Å². The van der Waals surface area contributed by atoms with Crippen LogP contribution in [0.5, 0.6) is 0 Å². The second-order valence-corrected chi connectivity index (χ2v) is 7.05. The van der Waals surface area contributed by atoms with Gasteiger partial charge >= 0.3 is 6.09 Å². The topological polar surface area (TPSA) is 41.6 Å². The highest BCUT2D eigenvalue weighted by Crippen LogP contribution is 2.32. The molecule has 2 aliphatic carbocycles. The normalized spacial score (nSPS) is 28.3. The van der Waals surface area contributed by atoms with Crippen LogP contribution in [0.4, 0.5) is 4.79 Å². The van der Waals surface area contributed by atoms with Crippen molar-refractivity contribution in [1.82, 2.24) is 10.2 Å². The smallest absolute Gasteiger partial charge is 0.407 e. The third-order valence-electron chi connectivity index (χ3n) is 4.12. The molecule has 0 spiro atoms. The van der Waals surface area contributed by atoms with Crippen LogP contribution in [-0.2, 0) is 4.74 Å². The van der Waals surface area contributed by atoms with E-state index < -0.39 is 5.60 Å². The Balaban J connectivity index is 1.69. The summed E-state index contributed by atoms with van der Waals surface area (Å²) < 4.78 is 5.30. The lowest BCUT2D eigenvalue weighted by molar-refractivity contribution is 0.0479. The van der Waals surface area contributed by atoms with Crippen molar-refractivity contribution in [3.8, 4) is 0 Å². The van der Waals surface area contributed by atoms with E-state index >= 15 is 0 Å². The standard InChI is InChI=1S/C15H28N2O2/c1-15(2,3)19-14(18)16-11-5-7-12(8-6-11)17(4)13-9-10-13/h11-13H,5-10H2,1-4H3,(H,16,18)/t11-,12-. The van der Waals surface area contributed by atoms with Gasteiger partial charge in [0.05, 0.1) is 0 Å². The maximum Gasteiger partial charge on any atom is 0.407 e. The molecule has 4 heteroatoms. The summed E-state index contributed by atoms with van der Waals surface area (Å²) in [5.74, 6) is 0. The van der Waals surface area contributed by atoms with Crippen LogP contribution in [0.15, 0.2) is 0 Å². The maximum atomic E-state index is 11.7. The second kappa shape index (κ2) is 5.70. The number of amides is 1. The molecule has 2 fully saturated rings. The van der Waals surface area contributed by atoms with E-state index in [1.807, 2.05) is 20.8 Å². The molecule has 0 aromatic rings. The number of carbonyl (C=O) groups excluding carboxylic acids is 1. The van der Waals surface area contributed by atoms with Gasteiger partial charge in [-0.2, -0.15) is 0 Å². The number of hydrogen-bond acceptors (Lipinski definition) is 3. The molecule has 2 saturated carbocycles. The highest BCUT2D eigenvalue weighted by molar-refractivity contribution is 5.68. The van der Waals surface area contributed by atoms with Crippen LogP contribution in [0.3, 0.4) is 0 Å². The number of alkyl carbamates (subject to hydrolysis) is 1. The minimum atomic E-state index is -0.409. The predicted molar refractivity (Wildman–Crippen MR) is 76.2 cm³/mol. The Kier molecular flexibility index (Phi) is 4.39. The van der Waals surface area contributed by atoms with Crippen molar-refractivity contribution in [3.63, 3.8) is 0 Å². The van der Waals surface area contributed by atoms with Gasteiger partial charge in [0, 0.05) is 18.1 Å². The van der Waals surface area contributed by atoms with E-state index in [-0.39, 0.29) is 6.09 Å². The van der Waals surface area contributed by atoms with E-state index in [4.69, 9.17) is 4.74 Å². The van der Waals surface area contributed by atoms with Crippen LogP contribution in [-0.4, -0.2) is 41.8 Å². The van der Waals surface area contributed by atoms with Gasteiger partial charge in [-0.3, -0.25) is 0 Å². The number of hydrogen-bond donors (Lipinski definition) is 1. The molecular formula is C15H28N2O2. The first-order valence-corrected chi connectivity index (χ1v) is 7.56. The van der Waals surface area contributed by atoms with Gasteiger partial charge in [0.15, 0.2) is 0 Å². The predicted octanol–water partition coefficient (Wildman–Crippen LogP) is 2.92. The third kappa shape index (κ3) is 4.68. The molecule has 2 aliphatic rings. The monoisotopic (exact) mass is 268 g/mol. The molecule has 19 heavy (non-hydrogen) atoms. The number of rotatable bonds is 3. The molecular weight excluding hydrogens is 240 g/mol. The zero-order chi connectivity index (χ0) is 14.0. The van der Waals surface area contributed by atoms with Crippen LogP contribution in [0, 0.1) is 0 Å². The lowest BCUT2D eigenvalue weighted by Crippen LogP contribution is -2.44. The summed E-state index contributed by atoms with van der Waals surface area (Å²) in [5, 5.41) is 3.00.